The van der Waals surface area contributed by atoms with Crippen LogP contribution in [0.1, 0.15) is 46.5 Å². The molecule has 2 aliphatic rings. The molecule has 2 aliphatic heterocycles. The van der Waals surface area contributed by atoms with Gasteiger partial charge in [-0.2, -0.15) is 0 Å². The van der Waals surface area contributed by atoms with Gasteiger partial charge in [-0.1, -0.05) is 0 Å². The van der Waals surface area contributed by atoms with E-state index in [0.717, 1.165) is 13.2 Å². The topological polar surface area (TPSA) is 18.5 Å². The van der Waals surface area contributed by atoms with Crippen LogP contribution in [-0.4, -0.2) is 24.9 Å². The highest BCUT2D eigenvalue weighted by Crippen LogP contribution is 2.22. The van der Waals surface area contributed by atoms with Crippen LogP contribution in [0.2, 0.25) is 0 Å². The fraction of sp³-hybridized carbons (Fsp3) is 1.00. The number of rotatable bonds is 0. The highest BCUT2D eigenvalue weighted by molar-refractivity contribution is 4.73. The molecule has 0 radical (unpaired) electrons. The van der Waals surface area contributed by atoms with Gasteiger partial charge in [0, 0.05) is 13.2 Å². The Hall–Kier alpha value is -0.0800. The molecule has 0 saturated carbocycles. The summed E-state index contributed by atoms with van der Waals surface area (Å²) in [6, 6.07) is 0. The van der Waals surface area contributed by atoms with Crippen molar-refractivity contribution in [1.29, 1.82) is 0 Å². The van der Waals surface area contributed by atoms with Gasteiger partial charge < -0.3 is 9.47 Å². The molecule has 2 saturated heterocycles. The normalized spacial score (nSPS) is 31.2. The van der Waals surface area contributed by atoms with Crippen LogP contribution >= 0.6 is 0 Å². The summed E-state index contributed by atoms with van der Waals surface area (Å²) in [7, 11) is 0. The smallest absolute Gasteiger partial charge is 0.0627 e. The zero-order valence-electron chi connectivity index (χ0n) is 9.14. The maximum atomic E-state index is 5.34. The maximum absolute atomic E-state index is 5.34. The fourth-order valence-electron chi connectivity index (χ4n) is 1.66. The first-order valence-corrected chi connectivity index (χ1v) is 5.36. The molecule has 0 N–H and O–H groups in total. The lowest BCUT2D eigenvalue weighted by molar-refractivity contribution is 0.0367. The third kappa shape index (κ3) is 4.63. The summed E-state index contributed by atoms with van der Waals surface area (Å²) in [6.07, 6.45) is 5.55. The van der Waals surface area contributed by atoms with E-state index < -0.39 is 0 Å². The molecular formula is C11H22O2. The van der Waals surface area contributed by atoms with Gasteiger partial charge in [0.15, 0.2) is 0 Å². The average Bonchev–Trinajstić information content (AvgIpc) is 2.62. The summed E-state index contributed by atoms with van der Waals surface area (Å²) in [6.45, 7) is 8.35. The zero-order valence-corrected chi connectivity index (χ0v) is 9.14. The number of hydrogen-bond donors (Lipinski definition) is 0. The second-order valence-electron chi connectivity index (χ2n) is 4.54. The van der Waals surface area contributed by atoms with Gasteiger partial charge in [0.05, 0.1) is 11.7 Å². The number of ether oxygens (including phenoxy) is 2. The zero-order chi connectivity index (χ0) is 9.73. The highest BCUT2D eigenvalue weighted by Gasteiger charge is 2.22. The van der Waals surface area contributed by atoms with Crippen LogP contribution in [-0.2, 0) is 9.47 Å². The van der Waals surface area contributed by atoms with E-state index in [4.69, 9.17) is 9.47 Å². The molecule has 2 heterocycles. The second kappa shape index (κ2) is 4.97. The molecular weight excluding hydrogens is 164 g/mol. The second-order valence-corrected chi connectivity index (χ2v) is 4.54. The molecule has 0 aromatic carbocycles. The Labute approximate surface area is 81.6 Å². The largest absolute Gasteiger partial charge is 0.379 e. The lowest BCUT2D eigenvalue weighted by atomic mass is 10.1. The third-order valence-electron chi connectivity index (χ3n) is 2.57. The van der Waals surface area contributed by atoms with E-state index in [0.29, 0.717) is 6.10 Å². The minimum absolute atomic E-state index is 0.194. The molecule has 0 aromatic rings. The maximum Gasteiger partial charge on any atom is 0.0627 e. The van der Waals surface area contributed by atoms with Crippen molar-refractivity contribution in [1.82, 2.24) is 0 Å². The number of hydrogen-bond acceptors (Lipinski definition) is 2. The Morgan fingerprint density at radius 1 is 1.15 bits per heavy atom. The standard InChI is InChI=1S/C6H12O.C5H10O/c1-6(2)4-3-5-7-6;1-5-3-2-4-6-5/h3-5H2,1-2H3;5H,2-4H2,1H3. The lowest BCUT2D eigenvalue weighted by Gasteiger charge is -2.14. The van der Waals surface area contributed by atoms with Crippen molar-refractivity contribution in [3.63, 3.8) is 0 Å². The molecule has 0 amide bonds. The van der Waals surface area contributed by atoms with E-state index >= 15 is 0 Å². The van der Waals surface area contributed by atoms with Gasteiger partial charge >= 0.3 is 0 Å². The first kappa shape index (κ1) is 11.0. The van der Waals surface area contributed by atoms with E-state index in [1.54, 1.807) is 0 Å². The quantitative estimate of drug-likeness (QED) is 0.579. The molecule has 1 atom stereocenters. The summed E-state index contributed by atoms with van der Waals surface area (Å²) in [5, 5.41) is 0. The molecule has 13 heavy (non-hydrogen) atoms. The van der Waals surface area contributed by atoms with Crippen LogP contribution in [0.4, 0.5) is 0 Å². The Morgan fingerprint density at radius 2 is 1.92 bits per heavy atom. The minimum Gasteiger partial charge on any atom is -0.379 e. The van der Waals surface area contributed by atoms with E-state index in [9.17, 15) is 0 Å². The fourth-order valence-corrected chi connectivity index (χ4v) is 1.66. The lowest BCUT2D eigenvalue weighted by Crippen LogP contribution is -2.15. The van der Waals surface area contributed by atoms with Gasteiger partial charge in [0.2, 0.25) is 0 Å². The monoisotopic (exact) mass is 186 g/mol. The summed E-state index contributed by atoms with van der Waals surface area (Å²) in [4.78, 5) is 0. The predicted octanol–water partition coefficient (Wildman–Crippen LogP) is 2.76. The summed E-state index contributed by atoms with van der Waals surface area (Å²) < 4.78 is 10.5. The van der Waals surface area contributed by atoms with Crippen molar-refractivity contribution in [3.8, 4) is 0 Å². The molecule has 2 fully saturated rings. The third-order valence-corrected chi connectivity index (χ3v) is 2.57. The van der Waals surface area contributed by atoms with Gasteiger partial charge in [-0.05, 0) is 46.5 Å². The van der Waals surface area contributed by atoms with Gasteiger partial charge in [-0.15, -0.1) is 0 Å². The highest BCUT2D eigenvalue weighted by atomic mass is 16.5. The van der Waals surface area contributed by atoms with Gasteiger partial charge in [-0.3, -0.25) is 0 Å². The van der Waals surface area contributed by atoms with Crippen LogP contribution in [0.15, 0.2) is 0 Å². The van der Waals surface area contributed by atoms with E-state index in [1.165, 1.54) is 25.7 Å². The van der Waals surface area contributed by atoms with Gasteiger partial charge in [-0.25, -0.2) is 0 Å². The molecule has 2 nitrogen and oxygen atoms in total. The first-order chi connectivity index (χ1) is 6.10. The Morgan fingerprint density at radius 3 is 2.08 bits per heavy atom. The van der Waals surface area contributed by atoms with Crippen molar-refractivity contribution in [2.24, 2.45) is 0 Å². The molecule has 2 heteroatoms. The first-order valence-electron chi connectivity index (χ1n) is 5.36. The van der Waals surface area contributed by atoms with Crippen molar-refractivity contribution in [3.05, 3.63) is 0 Å². The van der Waals surface area contributed by atoms with Crippen molar-refractivity contribution in [2.45, 2.75) is 58.2 Å². The average molecular weight is 186 g/mol. The summed E-state index contributed by atoms with van der Waals surface area (Å²) >= 11 is 0. The minimum atomic E-state index is 0.194. The molecule has 0 aromatic heterocycles. The predicted molar refractivity (Wildman–Crippen MR) is 53.9 cm³/mol. The van der Waals surface area contributed by atoms with E-state index in [-0.39, 0.29) is 5.60 Å². The van der Waals surface area contributed by atoms with Crippen molar-refractivity contribution < 1.29 is 9.47 Å². The Bertz CT molecular complexity index is 129. The van der Waals surface area contributed by atoms with E-state index in [2.05, 4.69) is 20.8 Å². The molecule has 0 aliphatic carbocycles. The summed E-state index contributed by atoms with van der Waals surface area (Å²) in [5.41, 5.74) is 0.194. The summed E-state index contributed by atoms with van der Waals surface area (Å²) in [5.74, 6) is 0. The van der Waals surface area contributed by atoms with Crippen molar-refractivity contribution >= 4 is 0 Å². The van der Waals surface area contributed by atoms with Gasteiger partial charge in [0.25, 0.3) is 0 Å². The van der Waals surface area contributed by atoms with Crippen molar-refractivity contribution in [2.75, 3.05) is 13.2 Å². The molecule has 0 bridgehead atoms. The Kier molecular flexibility index (Phi) is 4.20. The molecule has 2 rings (SSSR count). The van der Waals surface area contributed by atoms with Crippen LogP contribution in [0.5, 0.6) is 0 Å². The molecule has 0 spiro atoms. The SMILES string of the molecule is CC1(C)CCCO1.CC1CCCO1. The van der Waals surface area contributed by atoms with Crippen LogP contribution < -0.4 is 0 Å². The molecule has 78 valence electrons. The van der Waals surface area contributed by atoms with E-state index in [1.807, 2.05) is 0 Å². The van der Waals surface area contributed by atoms with Crippen LogP contribution in [0.3, 0.4) is 0 Å². The van der Waals surface area contributed by atoms with Crippen LogP contribution in [0, 0.1) is 0 Å². The van der Waals surface area contributed by atoms with Crippen LogP contribution in [0.25, 0.3) is 0 Å². The molecule has 1 unspecified atom stereocenters. The van der Waals surface area contributed by atoms with Gasteiger partial charge in [0.1, 0.15) is 0 Å². The Balaban J connectivity index is 0.000000132.